The van der Waals surface area contributed by atoms with Crippen molar-refractivity contribution in [1.29, 1.82) is 0 Å². The highest BCUT2D eigenvalue weighted by molar-refractivity contribution is 9.10. The van der Waals surface area contributed by atoms with Crippen molar-refractivity contribution in [3.05, 3.63) is 27.7 Å². The Morgan fingerprint density at radius 1 is 1.62 bits per heavy atom. The Kier molecular flexibility index (Phi) is 2.90. The zero-order valence-electron chi connectivity index (χ0n) is 8.61. The number of fused-ring (bicyclic) bond motifs is 1. The van der Waals surface area contributed by atoms with Crippen molar-refractivity contribution in [3.8, 4) is 5.75 Å². The average molecular weight is 287 g/mol. The zero-order chi connectivity index (χ0) is 11.9. The molecule has 4 nitrogen and oxygen atoms in total. The Morgan fingerprint density at radius 2 is 2.31 bits per heavy atom. The molecule has 0 fully saturated rings. The summed E-state index contributed by atoms with van der Waals surface area (Å²) in [5.41, 5.74) is 1.23. The van der Waals surface area contributed by atoms with E-state index in [9.17, 15) is 9.90 Å². The van der Waals surface area contributed by atoms with E-state index in [1.54, 1.807) is 6.07 Å². The third kappa shape index (κ3) is 1.92. The molecule has 2 N–H and O–H groups in total. The first kappa shape index (κ1) is 11.4. The van der Waals surface area contributed by atoms with E-state index in [0.717, 1.165) is 16.5 Å². The topological polar surface area (TPSA) is 66.8 Å². The van der Waals surface area contributed by atoms with Gasteiger partial charge in [-0.3, -0.25) is 0 Å². The number of rotatable bonds is 2. The van der Waals surface area contributed by atoms with Gasteiger partial charge in [0.1, 0.15) is 11.9 Å². The Labute approximate surface area is 101 Å². The lowest BCUT2D eigenvalue weighted by Crippen LogP contribution is -2.12. The second kappa shape index (κ2) is 4.07. The summed E-state index contributed by atoms with van der Waals surface area (Å²) in [6.45, 7) is 1.91. The molecule has 2 unspecified atom stereocenters. The number of carboxylic acid groups (broad SMARTS) is 1. The Morgan fingerprint density at radius 3 is 2.94 bits per heavy atom. The van der Waals surface area contributed by atoms with Crippen LogP contribution in [0.2, 0.25) is 0 Å². The first-order valence-electron chi connectivity index (χ1n) is 4.89. The molecule has 0 saturated carbocycles. The first-order chi connectivity index (χ1) is 7.49. The minimum Gasteiger partial charge on any atom is -0.490 e. The zero-order valence-corrected chi connectivity index (χ0v) is 10.2. The molecule has 0 spiro atoms. The van der Waals surface area contributed by atoms with Gasteiger partial charge in [-0.25, -0.2) is 4.79 Å². The number of halogens is 1. The number of carbonyl (C=O) groups is 1. The summed E-state index contributed by atoms with van der Waals surface area (Å²) < 4.78 is 6.27. The molecule has 0 amide bonds. The van der Waals surface area contributed by atoms with Crippen molar-refractivity contribution in [2.45, 2.75) is 25.6 Å². The predicted molar refractivity (Wildman–Crippen MR) is 60.5 cm³/mol. The van der Waals surface area contributed by atoms with E-state index < -0.39 is 12.1 Å². The molecule has 5 heteroatoms. The standard InChI is InChI=1S/C11H11BrO4/c1-5-2-6-3-7(12)4-8(10(6)16-5)9(13)11(14)15/h3-5,9,13H,2H2,1H3,(H,14,15). The lowest BCUT2D eigenvalue weighted by atomic mass is 10.0. The summed E-state index contributed by atoms with van der Waals surface area (Å²) in [5, 5.41) is 18.4. The van der Waals surface area contributed by atoms with Gasteiger partial charge < -0.3 is 14.9 Å². The fraction of sp³-hybridized carbons (Fsp3) is 0.364. The van der Waals surface area contributed by atoms with Crippen LogP contribution >= 0.6 is 15.9 Å². The van der Waals surface area contributed by atoms with Gasteiger partial charge in [-0.05, 0) is 24.6 Å². The van der Waals surface area contributed by atoms with E-state index in [1.807, 2.05) is 13.0 Å². The second-order valence-electron chi connectivity index (χ2n) is 3.86. The highest BCUT2D eigenvalue weighted by atomic mass is 79.9. The van der Waals surface area contributed by atoms with Crippen LogP contribution in [0.3, 0.4) is 0 Å². The van der Waals surface area contributed by atoms with Crippen LogP contribution in [-0.4, -0.2) is 22.3 Å². The van der Waals surface area contributed by atoms with Crippen LogP contribution in [-0.2, 0) is 11.2 Å². The SMILES string of the molecule is CC1Cc2cc(Br)cc(C(O)C(=O)O)c2O1. The first-order valence-corrected chi connectivity index (χ1v) is 5.68. The third-order valence-electron chi connectivity index (χ3n) is 2.51. The molecule has 0 radical (unpaired) electrons. The maximum absolute atomic E-state index is 10.8. The molecular weight excluding hydrogens is 276 g/mol. The van der Waals surface area contributed by atoms with Crippen LogP contribution in [0.1, 0.15) is 24.2 Å². The molecule has 86 valence electrons. The van der Waals surface area contributed by atoms with Gasteiger partial charge in [0, 0.05) is 16.5 Å². The van der Waals surface area contributed by atoms with Gasteiger partial charge in [-0.15, -0.1) is 0 Å². The molecule has 0 bridgehead atoms. The van der Waals surface area contributed by atoms with Gasteiger partial charge in [-0.2, -0.15) is 0 Å². The van der Waals surface area contributed by atoms with E-state index in [0.29, 0.717) is 11.3 Å². The van der Waals surface area contributed by atoms with Gasteiger partial charge in [-0.1, -0.05) is 15.9 Å². The van der Waals surface area contributed by atoms with Crippen LogP contribution in [0.4, 0.5) is 0 Å². The largest absolute Gasteiger partial charge is 0.490 e. The molecule has 0 aromatic heterocycles. The quantitative estimate of drug-likeness (QED) is 0.871. The summed E-state index contributed by atoms with van der Waals surface area (Å²) in [6.07, 6.45) is -0.797. The smallest absolute Gasteiger partial charge is 0.337 e. The molecule has 2 rings (SSSR count). The fourth-order valence-electron chi connectivity index (χ4n) is 1.86. The molecule has 1 aromatic carbocycles. The van der Waals surface area contributed by atoms with Crippen LogP contribution in [0.15, 0.2) is 16.6 Å². The van der Waals surface area contributed by atoms with Crippen LogP contribution in [0.25, 0.3) is 0 Å². The number of hydrogen-bond acceptors (Lipinski definition) is 3. The molecule has 1 aliphatic rings. The van der Waals surface area contributed by atoms with Crippen LogP contribution < -0.4 is 4.74 Å². The molecule has 1 heterocycles. The maximum Gasteiger partial charge on any atom is 0.337 e. The van der Waals surface area contributed by atoms with Crippen molar-refractivity contribution in [3.63, 3.8) is 0 Å². The van der Waals surface area contributed by atoms with E-state index in [4.69, 9.17) is 9.84 Å². The highest BCUT2D eigenvalue weighted by Gasteiger charge is 2.28. The summed E-state index contributed by atoms with van der Waals surface area (Å²) in [4.78, 5) is 10.8. The predicted octanol–water partition coefficient (Wildman–Crippen LogP) is 1.89. The lowest BCUT2D eigenvalue weighted by molar-refractivity contribution is -0.147. The van der Waals surface area contributed by atoms with Crippen molar-refractivity contribution in [2.24, 2.45) is 0 Å². The number of carboxylic acids is 1. The molecule has 0 aliphatic carbocycles. The van der Waals surface area contributed by atoms with Gasteiger partial charge in [0.15, 0.2) is 6.10 Å². The highest BCUT2D eigenvalue weighted by Crippen LogP contribution is 2.38. The average Bonchev–Trinajstić information content (AvgIpc) is 2.55. The molecule has 16 heavy (non-hydrogen) atoms. The molecule has 0 saturated heterocycles. The Bertz CT molecular complexity index is 444. The maximum atomic E-state index is 10.8. The van der Waals surface area contributed by atoms with Gasteiger partial charge in [0.2, 0.25) is 0 Å². The van der Waals surface area contributed by atoms with Crippen molar-refractivity contribution >= 4 is 21.9 Å². The minimum atomic E-state index is -1.54. The second-order valence-corrected chi connectivity index (χ2v) is 4.77. The summed E-state index contributed by atoms with van der Waals surface area (Å²) in [5.74, 6) is -0.769. The van der Waals surface area contributed by atoms with Gasteiger partial charge in [0.05, 0.1) is 0 Å². The van der Waals surface area contributed by atoms with Crippen molar-refractivity contribution < 1.29 is 19.7 Å². The molecule has 1 aliphatic heterocycles. The number of aliphatic hydroxyl groups is 1. The monoisotopic (exact) mass is 286 g/mol. The third-order valence-corrected chi connectivity index (χ3v) is 2.97. The van der Waals surface area contributed by atoms with E-state index in [2.05, 4.69) is 15.9 Å². The van der Waals surface area contributed by atoms with Gasteiger partial charge >= 0.3 is 5.97 Å². The minimum absolute atomic E-state index is 0.0176. The summed E-state index contributed by atoms with van der Waals surface area (Å²) in [7, 11) is 0. The Balaban J connectivity index is 2.50. The summed E-state index contributed by atoms with van der Waals surface area (Å²) >= 11 is 3.29. The van der Waals surface area contributed by atoms with Crippen LogP contribution in [0.5, 0.6) is 5.75 Å². The normalized spacial score (nSPS) is 20.1. The number of aliphatic hydroxyl groups excluding tert-OH is 1. The molecule has 1 aromatic rings. The summed E-state index contributed by atoms with van der Waals surface area (Å²) in [6, 6.07) is 3.46. The van der Waals surface area contributed by atoms with E-state index in [-0.39, 0.29) is 6.10 Å². The number of hydrogen-bond donors (Lipinski definition) is 2. The van der Waals surface area contributed by atoms with Crippen molar-refractivity contribution in [2.75, 3.05) is 0 Å². The fourth-order valence-corrected chi connectivity index (χ4v) is 2.38. The van der Waals surface area contributed by atoms with Gasteiger partial charge in [0.25, 0.3) is 0 Å². The number of aliphatic carboxylic acids is 1. The van der Waals surface area contributed by atoms with Crippen LogP contribution in [0, 0.1) is 0 Å². The number of benzene rings is 1. The van der Waals surface area contributed by atoms with E-state index >= 15 is 0 Å². The Hall–Kier alpha value is -1.07. The van der Waals surface area contributed by atoms with E-state index in [1.165, 1.54) is 0 Å². The molecule has 2 atom stereocenters. The number of ether oxygens (including phenoxy) is 1. The molecular formula is C11H11BrO4. The lowest BCUT2D eigenvalue weighted by Gasteiger charge is -2.12. The van der Waals surface area contributed by atoms with Crippen molar-refractivity contribution in [1.82, 2.24) is 0 Å².